The van der Waals surface area contributed by atoms with Crippen molar-refractivity contribution in [2.45, 2.75) is 19.9 Å². The van der Waals surface area contributed by atoms with E-state index in [1.807, 2.05) is 73.3 Å². The summed E-state index contributed by atoms with van der Waals surface area (Å²) in [6.07, 6.45) is 1.81. The lowest BCUT2D eigenvalue weighted by molar-refractivity contribution is -0.123. The molecule has 1 aliphatic heterocycles. The third-order valence-corrected chi connectivity index (χ3v) is 5.81. The number of carbonyl (C=O) groups excluding carboxylic acids is 2. The van der Waals surface area contributed by atoms with Crippen LogP contribution in [0.25, 0.3) is 16.9 Å². The van der Waals surface area contributed by atoms with Crippen molar-refractivity contribution in [2.24, 2.45) is 0 Å². The Morgan fingerprint density at radius 2 is 1.68 bits per heavy atom. The molecule has 0 aliphatic carbocycles. The van der Waals surface area contributed by atoms with Crippen molar-refractivity contribution in [3.8, 4) is 22.7 Å². The molecule has 2 heterocycles. The van der Waals surface area contributed by atoms with Crippen LogP contribution in [-0.4, -0.2) is 77.3 Å². The van der Waals surface area contributed by atoms with Crippen LogP contribution in [0.2, 0.25) is 0 Å². The SMILES string of the molecule is COc1ccc(-c2nn(-c3ccccc3)cc2C(=O)N2CCN(CC(=O)NC(C)C)CC2)cc1. The van der Waals surface area contributed by atoms with Gasteiger partial charge in [0.1, 0.15) is 11.4 Å². The molecule has 2 amide bonds. The van der Waals surface area contributed by atoms with Crippen molar-refractivity contribution in [3.63, 3.8) is 0 Å². The highest BCUT2D eigenvalue weighted by atomic mass is 16.5. The number of para-hydroxylation sites is 1. The molecule has 34 heavy (non-hydrogen) atoms. The molecule has 8 heteroatoms. The van der Waals surface area contributed by atoms with Gasteiger partial charge in [-0.15, -0.1) is 0 Å². The minimum atomic E-state index is -0.0562. The van der Waals surface area contributed by atoms with Gasteiger partial charge in [-0.05, 0) is 50.2 Å². The topological polar surface area (TPSA) is 79.7 Å². The molecular weight excluding hydrogens is 430 g/mol. The smallest absolute Gasteiger partial charge is 0.257 e. The van der Waals surface area contributed by atoms with Gasteiger partial charge in [-0.3, -0.25) is 14.5 Å². The highest BCUT2D eigenvalue weighted by molar-refractivity contribution is 6.00. The number of methoxy groups -OCH3 is 1. The first-order valence-electron chi connectivity index (χ1n) is 11.5. The third-order valence-electron chi connectivity index (χ3n) is 5.81. The molecule has 0 radical (unpaired) electrons. The van der Waals surface area contributed by atoms with E-state index in [1.165, 1.54) is 0 Å². The predicted molar refractivity (Wildman–Crippen MR) is 131 cm³/mol. The molecule has 1 fully saturated rings. The molecule has 0 bridgehead atoms. The number of benzene rings is 2. The van der Waals surface area contributed by atoms with Crippen molar-refractivity contribution >= 4 is 11.8 Å². The van der Waals surface area contributed by atoms with Gasteiger partial charge in [0, 0.05) is 44.0 Å². The Morgan fingerprint density at radius 1 is 1.00 bits per heavy atom. The lowest BCUT2D eigenvalue weighted by Crippen LogP contribution is -2.51. The van der Waals surface area contributed by atoms with Gasteiger partial charge in [-0.1, -0.05) is 18.2 Å². The van der Waals surface area contributed by atoms with Crippen molar-refractivity contribution in [2.75, 3.05) is 39.8 Å². The van der Waals surface area contributed by atoms with E-state index in [-0.39, 0.29) is 17.9 Å². The van der Waals surface area contributed by atoms with Gasteiger partial charge in [0.05, 0.1) is 24.9 Å². The Morgan fingerprint density at radius 3 is 2.29 bits per heavy atom. The van der Waals surface area contributed by atoms with Gasteiger partial charge in [0.2, 0.25) is 5.91 Å². The summed E-state index contributed by atoms with van der Waals surface area (Å²) in [7, 11) is 1.63. The third kappa shape index (κ3) is 5.46. The van der Waals surface area contributed by atoms with Crippen LogP contribution >= 0.6 is 0 Å². The number of nitrogens with zero attached hydrogens (tertiary/aromatic N) is 4. The number of rotatable bonds is 7. The molecule has 0 atom stereocenters. The molecule has 0 spiro atoms. The number of piperazine rings is 1. The van der Waals surface area contributed by atoms with E-state index in [0.29, 0.717) is 44.0 Å². The lowest BCUT2D eigenvalue weighted by Gasteiger charge is -2.34. The fourth-order valence-corrected chi connectivity index (χ4v) is 4.06. The van der Waals surface area contributed by atoms with Gasteiger partial charge < -0.3 is 15.0 Å². The van der Waals surface area contributed by atoms with Crippen molar-refractivity contribution < 1.29 is 14.3 Å². The Kier molecular flexibility index (Phi) is 7.27. The van der Waals surface area contributed by atoms with Crippen LogP contribution in [0.1, 0.15) is 24.2 Å². The second kappa shape index (κ2) is 10.5. The minimum absolute atomic E-state index is 0.0145. The van der Waals surface area contributed by atoms with Gasteiger partial charge >= 0.3 is 0 Å². The average molecular weight is 462 g/mol. The number of hydrogen-bond acceptors (Lipinski definition) is 5. The normalized spacial score (nSPS) is 14.3. The second-order valence-electron chi connectivity index (χ2n) is 8.69. The molecule has 1 aromatic heterocycles. The first-order chi connectivity index (χ1) is 16.4. The molecule has 1 aliphatic rings. The highest BCUT2D eigenvalue weighted by Gasteiger charge is 2.27. The van der Waals surface area contributed by atoms with Crippen molar-refractivity contribution in [1.82, 2.24) is 24.9 Å². The summed E-state index contributed by atoms with van der Waals surface area (Å²) in [6.45, 7) is 6.68. The van der Waals surface area contributed by atoms with Crippen LogP contribution in [0.15, 0.2) is 60.8 Å². The molecule has 0 saturated carbocycles. The molecule has 2 aromatic carbocycles. The van der Waals surface area contributed by atoms with Crippen LogP contribution in [0.4, 0.5) is 0 Å². The quantitative estimate of drug-likeness (QED) is 0.585. The molecule has 178 valence electrons. The van der Waals surface area contributed by atoms with Crippen molar-refractivity contribution in [1.29, 1.82) is 0 Å². The molecule has 1 saturated heterocycles. The first-order valence-corrected chi connectivity index (χ1v) is 11.5. The summed E-state index contributed by atoms with van der Waals surface area (Å²) < 4.78 is 7.03. The lowest BCUT2D eigenvalue weighted by atomic mass is 10.1. The molecule has 0 unspecified atom stereocenters. The summed E-state index contributed by atoms with van der Waals surface area (Å²) in [6, 6.07) is 17.4. The van der Waals surface area contributed by atoms with Gasteiger partial charge in [0.15, 0.2) is 0 Å². The Hall–Kier alpha value is -3.65. The van der Waals surface area contributed by atoms with E-state index in [4.69, 9.17) is 9.84 Å². The first kappa shape index (κ1) is 23.5. The number of carbonyl (C=O) groups is 2. The number of ether oxygens (including phenoxy) is 1. The predicted octanol–water partition coefficient (Wildman–Crippen LogP) is 2.83. The van der Waals surface area contributed by atoms with Gasteiger partial charge in [-0.2, -0.15) is 5.10 Å². The number of aromatic nitrogens is 2. The van der Waals surface area contributed by atoms with E-state index in [2.05, 4.69) is 10.2 Å². The van der Waals surface area contributed by atoms with E-state index in [9.17, 15) is 9.59 Å². The maximum atomic E-state index is 13.6. The summed E-state index contributed by atoms with van der Waals surface area (Å²) in [4.78, 5) is 29.6. The zero-order chi connectivity index (χ0) is 24.1. The average Bonchev–Trinajstić information content (AvgIpc) is 3.30. The van der Waals surface area contributed by atoms with E-state index >= 15 is 0 Å². The van der Waals surface area contributed by atoms with Crippen LogP contribution in [-0.2, 0) is 4.79 Å². The van der Waals surface area contributed by atoms with Crippen molar-refractivity contribution in [3.05, 3.63) is 66.4 Å². The number of nitrogens with one attached hydrogen (secondary N) is 1. The highest BCUT2D eigenvalue weighted by Crippen LogP contribution is 2.27. The largest absolute Gasteiger partial charge is 0.497 e. The standard InChI is InChI=1S/C26H31N5O3/c1-19(2)27-24(32)18-29-13-15-30(16-14-29)26(33)23-17-31(21-7-5-4-6-8-21)28-25(23)20-9-11-22(34-3)12-10-20/h4-12,17,19H,13-16,18H2,1-3H3,(H,27,32). The van der Waals surface area contributed by atoms with E-state index in [1.54, 1.807) is 18.0 Å². The van der Waals surface area contributed by atoms with Crippen LogP contribution in [0.3, 0.4) is 0 Å². The molecular formula is C26H31N5O3. The van der Waals surface area contributed by atoms with E-state index in [0.717, 1.165) is 17.0 Å². The summed E-state index contributed by atoms with van der Waals surface area (Å²) in [5.41, 5.74) is 2.93. The molecule has 4 rings (SSSR count). The monoisotopic (exact) mass is 461 g/mol. The van der Waals surface area contributed by atoms with Crippen LogP contribution in [0, 0.1) is 0 Å². The van der Waals surface area contributed by atoms with E-state index < -0.39 is 0 Å². The van der Waals surface area contributed by atoms with Crippen LogP contribution < -0.4 is 10.1 Å². The van der Waals surface area contributed by atoms with Crippen LogP contribution in [0.5, 0.6) is 5.75 Å². The summed E-state index contributed by atoms with van der Waals surface area (Å²) >= 11 is 0. The number of hydrogen-bond donors (Lipinski definition) is 1. The molecule has 3 aromatic rings. The van der Waals surface area contributed by atoms with Gasteiger partial charge in [0.25, 0.3) is 5.91 Å². The summed E-state index contributed by atoms with van der Waals surface area (Å²) in [5.74, 6) is 0.705. The zero-order valence-corrected chi connectivity index (χ0v) is 19.9. The van der Waals surface area contributed by atoms with Gasteiger partial charge in [-0.25, -0.2) is 4.68 Å². The molecule has 1 N–H and O–H groups in total. The second-order valence-corrected chi connectivity index (χ2v) is 8.69. The maximum Gasteiger partial charge on any atom is 0.257 e. The summed E-state index contributed by atoms with van der Waals surface area (Å²) in [5, 5.41) is 7.69. The number of amides is 2. The fraction of sp³-hybridized carbons (Fsp3) is 0.346. The minimum Gasteiger partial charge on any atom is -0.497 e. The Bertz CT molecular complexity index is 1120. The maximum absolute atomic E-state index is 13.6. The fourth-order valence-electron chi connectivity index (χ4n) is 4.06. The molecule has 8 nitrogen and oxygen atoms in total. The zero-order valence-electron chi connectivity index (χ0n) is 19.9. The Labute approximate surface area is 200 Å². The Balaban J connectivity index is 1.54.